The molecule has 2 unspecified atom stereocenters. The van der Waals surface area contributed by atoms with E-state index in [-0.39, 0.29) is 18.7 Å². The van der Waals surface area contributed by atoms with E-state index in [1.165, 1.54) is 21.3 Å². The fourth-order valence-corrected chi connectivity index (χ4v) is 2.84. The van der Waals surface area contributed by atoms with E-state index in [1.54, 1.807) is 18.2 Å². The highest BCUT2D eigenvalue weighted by Crippen LogP contribution is 2.31. The Kier molecular flexibility index (Phi) is 7.83. The molecule has 0 spiro atoms. The minimum Gasteiger partial charge on any atom is -0.493 e. The zero-order valence-electron chi connectivity index (χ0n) is 16.3. The number of amides is 1. The van der Waals surface area contributed by atoms with Crippen LogP contribution in [0.15, 0.2) is 48.5 Å². The van der Waals surface area contributed by atoms with Crippen LogP contribution < -0.4 is 20.5 Å². The van der Waals surface area contributed by atoms with Crippen molar-refractivity contribution in [3.8, 4) is 11.5 Å². The van der Waals surface area contributed by atoms with Crippen LogP contribution in [-0.4, -0.2) is 33.2 Å². The molecule has 7 heteroatoms. The summed E-state index contributed by atoms with van der Waals surface area (Å²) in [4.78, 5) is 24.4. The van der Waals surface area contributed by atoms with Crippen molar-refractivity contribution in [2.75, 3.05) is 21.3 Å². The SMILES string of the molecule is COC(=O)CC(NC(=O)CC(N)c1ccccc1)c1ccc(OC)c(OC)c1. The van der Waals surface area contributed by atoms with Gasteiger partial charge in [0.25, 0.3) is 0 Å². The topological polar surface area (TPSA) is 99.9 Å². The van der Waals surface area contributed by atoms with Crippen LogP contribution in [0, 0.1) is 0 Å². The molecule has 2 aromatic rings. The zero-order chi connectivity index (χ0) is 20.5. The molecule has 0 saturated carbocycles. The average Bonchev–Trinajstić information content (AvgIpc) is 2.73. The molecule has 0 bridgehead atoms. The predicted octanol–water partition coefficient (Wildman–Crippen LogP) is 2.51. The summed E-state index contributed by atoms with van der Waals surface area (Å²) in [6.45, 7) is 0. The molecular weight excluding hydrogens is 360 g/mol. The predicted molar refractivity (Wildman–Crippen MR) is 105 cm³/mol. The van der Waals surface area contributed by atoms with E-state index >= 15 is 0 Å². The molecule has 0 radical (unpaired) electrons. The quantitative estimate of drug-likeness (QED) is 0.643. The molecule has 0 fully saturated rings. The molecule has 2 atom stereocenters. The van der Waals surface area contributed by atoms with Gasteiger partial charge in [0.1, 0.15) is 0 Å². The molecule has 7 nitrogen and oxygen atoms in total. The fraction of sp³-hybridized carbons (Fsp3) is 0.333. The first-order valence-corrected chi connectivity index (χ1v) is 8.87. The third-order valence-corrected chi connectivity index (χ3v) is 4.38. The van der Waals surface area contributed by atoms with Gasteiger partial charge in [-0.2, -0.15) is 0 Å². The highest BCUT2D eigenvalue weighted by molar-refractivity contribution is 5.79. The summed E-state index contributed by atoms with van der Waals surface area (Å²) in [5.74, 6) is 0.359. The summed E-state index contributed by atoms with van der Waals surface area (Å²) in [6.07, 6.45) is 0.0767. The lowest BCUT2D eigenvalue weighted by atomic mass is 10.0. The van der Waals surface area contributed by atoms with Gasteiger partial charge in [0, 0.05) is 12.5 Å². The molecule has 1 amide bonds. The lowest BCUT2D eigenvalue weighted by Crippen LogP contribution is -2.32. The summed E-state index contributed by atoms with van der Waals surface area (Å²) in [6, 6.07) is 13.6. The number of carbonyl (C=O) groups is 2. The van der Waals surface area contributed by atoms with Crippen molar-refractivity contribution in [1.82, 2.24) is 5.32 Å². The first-order chi connectivity index (χ1) is 13.5. The second kappa shape index (κ2) is 10.3. The van der Waals surface area contributed by atoms with Crippen molar-refractivity contribution in [2.45, 2.75) is 24.9 Å². The molecule has 150 valence electrons. The number of carbonyl (C=O) groups excluding carboxylic acids is 2. The zero-order valence-corrected chi connectivity index (χ0v) is 16.3. The van der Waals surface area contributed by atoms with Gasteiger partial charge in [0.15, 0.2) is 11.5 Å². The Morgan fingerprint density at radius 2 is 1.61 bits per heavy atom. The Morgan fingerprint density at radius 3 is 2.21 bits per heavy atom. The van der Waals surface area contributed by atoms with Crippen LogP contribution in [-0.2, 0) is 14.3 Å². The lowest BCUT2D eigenvalue weighted by Gasteiger charge is -2.21. The van der Waals surface area contributed by atoms with Crippen LogP contribution in [0.1, 0.15) is 36.1 Å². The Balaban J connectivity index is 2.16. The number of nitrogens with one attached hydrogen (secondary N) is 1. The largest absolute Gasteiger partial charge is 0.493 e. The van der Waals surface area contributed by atoms with Crippen LogP contribution in [0.3, 0.4) is 0 Å². The molecule has 0 aliphatic carbocycles. The maximum atomic E-state index is 12.6. The molecule has 0 aliphatic rings. The van der Waals surface area contributed by atoms with Crippen LogP contribution in [0.4, 0.5) is 0 Å². The van der Waals surface area contributed by atoms with Gasteiger partial charge in [-0.25, -0.2) is 0 Å². The van der Waals surface area contributed by atoms with Crippen molar-refractivity contribution in [2.24, 2.45) is 5.73 Å². The van der Waals surface area contributed by atoms with Gasteiger partial charge < -0.3 is 25.3 Å². The third kappa shape index (κ3) is 5.72. The standard InChI is InChI=1S/C21H26N2O5/c1-26-18-10-9-15(11-19(18)27-2)17(13-21(25)28-3)23-20(24)12-16(22)14-7-5-4-6-8-14/h4-11,16-17H,12-13,22H2,1-3H3,(H,23,24). The molecule has 0 aliphatic heterocycles. The third-order valence-electron chi connectivity index (χ3n) is 4.38. The number of hydrogen-bond acceptors (Lipinski definition) is 6. The van der Waals surface area contributed by atoms with E-state index < -0.39 is 18.1 Å². The number of nitrogens with two attached hydrogens (primary N) is 1. The average molecular weight is 386 g/mol. The molecule has 3 N–H and O–H groups in total. The first kappa shape index (κ1) is 21.2. The Bertz CT molecular complexity index is 795. The molecule has 0 heterocycles. The van der Waals surface area contributed by atoms with Crippen LogP contribution >= 0.6 is 0 Å². The summed E-state index contributed by atoms with van der Waals surface area (Å²) in [7, 11) is 4.37. The van der Waals surface area contributed by atoms with Crippen molar-refractivity contribution in [3.05, 3.63) is 59.7 Å². The van der Waals surface area contributed by atoms with Crippen molar-refractivity contribution < 1.29 is 23.8 Å². The Hall–Kier alpha value is -3.06. The van der Waals surface area contributed by atoms with Gasteiger partial charge in [0.2, 0.25) is 5.91 Å². The molecule has 0 saturated heterocycles. The number of hydrogen-bond donors (Lipinski definition) is 2. The number of rotatable bonds is 9. The number of benzene rings is 2. The maximum absolute atomic E-state index is 12.6. The fourth-order valence-electron chi connectivity index (χ4n) is 2.84. The highest BCUT2D eigenvalue weighted by atomic mass is 16.5. The van der Waals surface area contributed by atoms with Gasteiger partial charge in [-0.3, -0.25) is 9.59 Å². The van der Waals surface area contributed by atoms with E-state index in [0.717, 1.165) is 5.56 Å². The van der Waals surface area contributed by atoms with E-state index in [1.807, 2.05) is 30.3 Å². The summed E-state index contributed by atoms with van der Waals surface area (Å²) in [5.41, 5.74) is 7.70. The normalized spacial score (nSPS) is 12.6. The number of methoxy groups -OCH3 is 3. The monoisotopic (exact) mass is 386 g/mol. The van der Waals surface area contributed by atoms with Crippen molar-refractivity contribution >= 4 is 11.9 Å². The van der Waals surface area contributed by atoms with Gasteiger partial charge >= 0.3 is 5.97 Å². The van der Waals surface area contributed by atoms with E-state index in [4.69, 9.17) is 19.9 Å². The molecule has 2 aromatic carbocycles. The number of ether oxygens (including phenoxy) is 3. The molecule has 2 rings (SSSR count). The second-order valence-electron chi connectivity index (χ2n) is 6.24. The van der Waals surface area contributed by atoms with Crippen LogP contribution in [0.2, 0.25) is 0 Å². The van der Waals surface area contributed by atoms with Crippen molar-refractivity contribution in [3.63, 3.8) is 0 Å². The van der Waals surface area contributed by atoms with Gasteiger partial charge in [-0.1, -0.05) is 36.4 Å². The Morgan fingerprint density at radius 1 is 0.929 bits per heavy atom. The summed E-state index contributed by atoms with van der Waals surface area (Å²) >= 11 is 0. The lowest BCUT2D eigenvalue weighted by molar-refractivity contribution is -0.141. The highest BCUT2D eigenvalue weighted by Gasteiger charge is 2.22. The van der Waals surface area contributed by atoms with E-state index in [0.29, 0.717) is 17.1 Å². The van der Waals surface area contributed by atoms with Gasteiger partial charge in [0.05, 0.1) is 33.8 Å². The Labute approximate surface area is 164 Å². The van der Waals surface area contributed by atoms with Crippen molar-refractivity contribution in [1.29, 1.82) is 0 Å². The maximum Gasteiger partial charge on any atom is 0.307 e. The molecule has 0 aromatic heterocycles. The smallest absolute Gasteiger partial charge is 0.307 e. The van der Waals surface area contributed by atoms with E-state index in [9.17, 15) is 9.59 Å². The van der Waals surface area contributed by atoms with Crippen LogP contribution in [0.25, 0.3) is 0 Å². The van der Waals surface area contributed by atoms with E-state index in [2.05, 4.69) is 5.32 Å². The summed E-state index contributed by atoms with van der Waals surface area (Å²) in [5, 5.41) is 2.87. The van der Waals surface area contributed by atoms with Crippen LogP contribution in [0.5, 0.6) is 11.5 Å². The molecule has 28 heavy (non-hydrogen) atoms. The van der Waals surface area contributed by atoms with Gasteiger partial charge in [-0.05, 0) is 23.3 Å². The first-order valence-electron chi connectivity index (χ1n) is 8.87. The summed E-state index contributed by atoms with van der Waals surface area (Å²) < 4.78 is 15.3. The number of esters is 1. The second-order valence-corrected chi connectivity index (χ2v) is 6.24. The molecular formula is C21H26N2O5. The minimum absolute atomic E-state index is 0.0156. The van der Waals surface area contributed by atoms with Gasteiger partial charge in [-0.15, -0.1) is 0 Å². The minimum atomic E-state index is -0.581.